The molecule has 0 spiro atoms. The van der Waals surface area contributed by atoms with E-state index in [1.165, 1.54) is 0 Å². The fourth-order valence-corrected chi connectivity index (χ4v) is 1.75. The Morgan fingerprint density at radius 2 is 2.22 bits per heavy atom. The van der Waals surface area contributed by atoms with Crippen LogP contribution in [0.4, 0.5) is 5.82 Å². The summed E-state index contributed by atoms with van der Waals surface area (Å²) < 4.78 is 5.05. The van der Waals surface area contributed by atoms with Crippen molar-refractivity contribution in [1.29, 1.82) is 0 Å². The van der Waals surface area contributed by atoms with Crippen molar-refractivity contribution in [3.8, 4) is 0 Å². The van der Waals surface area contributed by atoms with Gasteiger partial charge in [0.2, 0.25) is 0 Å². The first-order chi connectivity index (χ1) is 8.76. The molecule has 0 aliphatic heterocycles. The van der Waals surface area contributed by atoms with Gasteiger partial charge < -0.3 is 15.0 Å². The highest BCUT2D eigenvalue weighted by Gasteiger charge is 2.02. The molecule has 0 bridgehead atoms. The van der Waals surface area contributed by atoms with E-state index in [2.05, 4.69) is 41.3 Å². The normalized spacial score (nSPS) is 10.9. The second-order valence-electron chi connectivity index (χ2n) is 4.53. The third kappa shape index (κ3) is 5.98. The summed E-state index contributed by atoms with van der Waals surface area (Å²) in [7, 11) is 3.86. The summed E-state index contributed by atoms with van der Waals surface area (Å²) >= 11 is 0. The van der Waals surface area contributed by atoms with Gasteiger partial charge in [0.15, 0.2) is 0 Å². The minimum absolute atomic E-state index is 0.815. The third-order valence-corrected chi connectivity index (χ3v) is 2.68. The van der Waals surface area contributed by atoms with E-state index in [4.69, 9.17) is 4.74 Å². The molecule has 102 valence electrons. The van der Waals surface area contributed by atoms with Gasteiger partial charge >= 0.3 is 0 Å². The van der Waals surface area contributed by atoms with Crippen molar-refractivity contribution >= 4 is 5.82 Å². The van der Waals surface area contributed by atoms with Crippen molar-refractivity contribution in [2.75, 3.05) is 39.2 Å². The average Bonchev–Trinajstić information content (AvgIpc) is 2.37. The predicted octanol–water partition coefficient (Wildman–Crippen LogP) is 2.37. The van der Waals surface area contributed by atoms with E-state index in [-0.39, 0.29) is 0 Å². The SMILES string of the molecule is CCCNc1cccc(CN(C)CCCOC)n1. The molecule has 18 heavy (non-hydrogen) atoms. The third-order valence-electron chi connectivity index (χ3n) is 2.68. The summed E-state index contributed by atoms with van der Waals surface area (Å²) in [5, 5.41) is 3.31. The van der Waals surface area contributed by atoms with Gasteiger partial charge in [-0.3, -0.25) is 0 Å². The lowest BCUT2D eigenvalue weighted by molar-refractivity contribution is 0.178. The van der Waals surface area contributed by atoms with Crippen LogP contribution in [0.3, 0.4) is 0 Å². The molecule has 1 aromatic heterocycles. The van der Waals surface area contributed by atoms with Gasteiger partial charge in [0.25, 0.3) is 0 Å². The highest BCUT2D eigenvalue weighted by molar-refractivity contribution is 5.35. The number of nitrogens with one attached hydrogen (secondary N) is 1. The Morgan fingerprint density at radius 1 is 1.39 bits per heavy atom. The van der Waals surface area contributed by atoms with E-state index in [1.54, 1.807) is 7.11 Å². The predicted molar refractivity (Wildman–Crippen MR) is 75.8 cm³/mol. The number of hydrogen-bond donors (Lipinski definition) is 1. The molecule has 0 aliphatic carbocycles. The molecule has 1 N–H and O–H groups in total. The summed E-state index contributed by atoms with van der Waals surface area (Å²) in [4.78, 5) is 6.86. The molecule has 0 radical (unpaired) electrons. The number of hydrogen-bond acceptors (Lipinski definition) is 4. The Bertz CT molecular complexity index is 331. The van der Waals surface area contributed by atoms with Gasteiger partial charge in [0.1, 0.15) is 5.82 Å². The first-order valence-corrected chi connectivity index (χ1v) is 6.63. The minimum Gasteiger partial charge on any atom is -0.385 e. The fraction of sp³-hybridized carbons (Fsp3) is 0.643. The molecule has 0 unspecified atom stereocenters. The number of nitrogens with zero attached hydrogens (tertiary/aromatic N) is 2. The number of ether oxygens (including phenoxy) is 1. The van der Waals surface area contributed by atoms with Gasteiger partial charge in [-0.05, 0) is 32.0 Å². The zero-order valence-electron chi connectivity index (χ0n) is 11.8. The molecule has 1 heterocycles. The molecule has 0 aliphatic rings. The zero-order chi connectivity index (χ0) is 13.2. The van der Waals surface area contributed by atoms with Crippen LogP contribution in [0.2, 0.25) is 0 Å². The van der Waals surface area contributed by atoms with Crippen LogP contribution < -0.4 is 5.32 Å². The minimum atomic E-state index is 0.815. The van der Waals surface area contributed by atoms with Gasteiger partial charge in [0.05, 0.1) is 5.69 Å². The van der Waals surface area contributed by atoms with Gasteiger partial charge in [-0.2, -0.15) is 0 Å². The molecule has 1 rings (SSSR count). The van der Waals surface area contributed by atoms with E-state index in [0.29, 0.717) is 0 Å². The van der Waals surface area contributed by atoms with Crippen LogP contribution in [0.5, 0.6) is 0 Å². The molecule has 1 aromatic rings. The van der Waals surface area contributed by atoms with E-state index in [1.807, 2.05) is 6.07 Å². The van der Waals surface area contributed by atoms with Gasteiger partial charge in [-0.15, -0.1) is 0 Å². The van der Waals surface area contributed by atoms with E-state index < -0.39 is 0 Å². The standard InChI is InChI=1S/C14H25N3O/c1-4-9-15-14-8-5-7-13(16-14)12-17(2)10-6-11-18-3/h5,7-8H,4,6,9-12H2,1-3H3,(H,15,16). The highest BCUT2D eigenvalue weighted by atomic mass is 16.5. The molecular formula is C14H25N3O. The largest absolute Gasteiger partial charge is 0.385 e. The summed E-state index contributed by atoms with van der Waals surface area (Å²) in [5.74, 6) is 0.972. The maximum atomic E-state index is 5.05. The number of pyridine rings is 1. The molecule has 4 nitrogen and oxygen atoms in total. The molecule has 0 atom stereocenters. The lowest BCUT2D eigenvalue weighted by Gasteiger charge is -2.16. The molecular weight excluding hydrogens is 226 g/mol. The maximum absolute atomic E-state index is 5.05. The Kier molecular flexibility index (Phi) is 7.37. The Balaban J connectivity index is 2.40. The van der Waals surface area contributed by atoms with Gasteiger partial charge in [0, 0.05) is 33.4 Å². The van der Waals surface area contributed by atoms with Crippen LogP contribution >= 0.6 is 0 Å². The first kappa shape index (κ1) is 14.9. The monoisotopic (exact) mass is 251 g/mol. The second kappa shape index (κ2) is 8.89. The summed E-state index contributed by atoms with van der Waals surface area (Å²) in [5.41, 5.74) is 1.11. The Morgan fingerprint density at radius 3 is 2.94 bits per heavy atom. The van der Waals surface area contributed by atoms with Gasteiger partial charge in [-0.25, -0.2) is 4.98 Å². The Labute approximate surface area is 110 Å². The number of aromatic nitrogens is 1. The van der Waals surface area contributed by atoms with E-state index in [0.717, 1.165) is 50.6 Å². The van der Waals surface area contributed by atoms with Crippen LogP contribution in [0.15, 0.2) is 18.2 Å². The van der Waals surface area contributed by atoms with Crippen LogP contribution in [0.1, 0.15) is 25.5 Å². The van der Waals surface area contributed by atoms with Gasteiger partial charge in [-0.1, -0.05) is 13.0 Å². The highest BCUT2D eigenvalue weighted by Crippen LogP contribution is 2.07. The van der Waals surface area contributed by atoms with Crippen molar-refractivity contribution < 1.29 is 4.74 Å². The fourth-order valence-electron chi connectivity index (χ4n) is 1.75. The van der Waals surface area contributed by atoms with E-state index >= 15 is 0 Å². The number of methoxy groups -OCH3 is 1. The van der Waals surface area contributed by atoms with Crippen LogP contribution in [-0.4, -0.2) is 43.7 Å². The maximum Gasteiger partial charge on any atom is 0.126 e. The number of anilines is 1. The zero-order valence-corrected chi connectivity index (χ0v) is 11.8. The van der Waals surface area contributed by atoms with Crippen molar-refractivity contribution in [1.82, 2.24) is 9.88 Å². The molecule has 0 aromatic carbocycles. The second-order valence-corrected chi connectivity index (χ2v) is 4.53. The molecule has 0 saturated heterocycles. The smallest absolute Gasteiger partial charge is 0.126 e. The van der Waals surface area contributed by atoms with Crippen molar-refractivity contribution in [2.24, 2.45) is 0 Å². The summed E-state index contributed by atoms with van der Waals surface area (Å²) in [6.07, 6.45) is 2.17. The van der Waals surface area contributed by atoms with Crippen LogP contribution in [0.25, 0.3) is 0 Å². The molecule has 0 saturated carbocycles. The molecule has 4 heteroatoms. The first-order valence-electron chi connectivity index (χ1n) is 6.63. The Hall–Kier alpha value is -1.13. The van der Waals surface area contributed by atoms with E-state index in [9.17, 15) is 0 Å². The lowest BCUT2D eigenvalue weighted by Crippen LogP contribution is -2.21. The summed E-state index contributed by atoms with van der Waals surface area (Å²) in [6, 6.07) is 6.15. The summed E-state index contributed by atoms with van der Waals surface area (Å²) in [6.45, 7) is 5.85. The molecule has 0 amide bonds. The van der Waals surface area contributed by atoms with Crippen molar-refractivity contribution in [3.05, 3.63) is 23.9 Å². The number of rotatable bonds is 9. The average molecular weight is 251 g/mol. The quantitative estimate of drug-likeness (QED) is 0.684. The van der Waals surface area contributed by atoms with Crippen molar-refractivity contribution in [2.45, 2.75) is 26.3 Å². The topological polar surface area (TPSA) is 37.4 Å². The van der Waals surface area contributed by atoms with Crippen LogP contribution in [-0.2, 0) is 11.3 Å². The van der Waals surface area contributed by atoms with Crippen LogP contribution in [0, 0.1) is 0 Å². The van der Waals surface area contributed by atoms with Crippen molar-refractivity contribution in [3.63, 3.8) is 0 Å². The lowest BCUT2D eigenvalue weighted by atomic mass is 10.3. The molecule has 0 fully saturated rings.